The Labute approximate surface area is 92.2 Å². The molecule has 0 aliphatic carbocycles. The van der Waals surface area contributed by atoms with Crippen molar-refractivity contribution in [3.8, 4) is 0 Å². The van der Waals surface area contributed by atoms with E-state index in [1.807, 2.05) is 0 Å². The Hall–Kier alpha value is -0.630. The lowest BCUT2D eigenvalue weighted by Gasteiger charge is -2.01. The van der Waals surface area contributed by atoms with E-state index >= 15 is 0 Å². The van der Waals surface area contributed by atoms with Crippen LogP contribution in [0.15, 0.2) is 34.1 Å². The minimum Gasteiger partial charge on any atom is -0.313 e. The number of sulfone groups is 1. The molecule has 0 aliphatic rings. The van der Waals surface area contributed by atoms with Crippen molar-refractivity contribution in [2.24, 2.45) is 5.73 Å². The standard InChI is InChI=1S/C7H7ClNO4S2/c8-15(12,13)7-3-1-2-6(4-7)14(10,11)5-9/h1-5H,9H2. The van der Waals surface area contributed by atoms with E-state index in [2.05, 4.69) is 0 Å². The minimum absolute atomic E-state index is 0.216. The highest BCUT2D eigenvalue weighted by atomic mass is 35.7. The van der Waals surface area contributed by atoms with Gasteiger partial charge in [-0.3, -0.25) is 0 Å². The first kappa shape index (κ1) is 12.4. The Morgan fingerprint density at radius 3 is 2.13 bits per heavy atom. The predicted molar refractivity (Wildman–Crippen MR) is 55.2 cm³/mol. The Balaban J connectivity index is 3.39. The molecule has 0 atom stereocenters. The van der Waals surface area contributed by atoms with Crippen molar-refractivity contribution in [3.63, 3.8) is 0 Å². The Bertz CT molecular complexity index is 564. The third kappa shape index (κ3) is 2.91. The summed E-state index contributed by atoms with van der Waals surface area (Å²) < 4.78 is 44.4. The molecule has 1 aromatic rings. The molecule has 15 heavy (non-hydrogen) atoms. The monoisotopic (exact) mass is 268 g/mol. The summed E-state index contributed by atoms with van der Waals surface area (Å²) in [5, 5.41) is 0. The van der Waals surface area contributed by atoms with E-state index in [1.54, 1.807) is 0 Å². The molecule has 2 N–H and O–H groups in total. The van der Waals surface area contributed by atoms with Gasteiger partial charge in [-0.05, 0) is 18.2 Å². The molecule has 0 aromatic heterocycles. The number of hydrogen-bond acceptors (Lipinski definition) is 5. The van der Waals surface area contributed by atoms with Gasteiger partial charge in [0.15, 0.2) is 9.84 Å². The van der Waals surface area contributed by atoms with Crippen LogP contribution in [-0.2, 0) is 18.9 Å². The summed E-state index contributed by atoms with van der Waals surface area (Å²) in [5.41, 5.74) is 4.90. The van der Waals surface area contributed by atoms with Gasteiger partial charge in [0.2, 0.25) is 0 Å². The van der Waals surface area contributed by atoms with E-state index in [0.29, 0.717) is 5.88 Å². The zero-order chi connectivity index (χ0) is 11.7. The van der Waals surface area contributed by atoms with Gasteiger partial charge in [0.25, 0.3) is 9.05 Å². The van der Waals surface area contributed by atoms with Gasteiger partial charge in [-0.25, -0.2) is 16.8 Å². The van der Waals surface area contributed by atoms with Crippen LogP contribution in [0, 0.1) is 5.88 Å². The van der Waals surface area contributed by atoms with Crippen LogP contribution in [0.1, 0.15) is 0 Å². The van der Waals surface area contributed by atoms with E-state index in [-0.39, 0.29) is 9.79 Å². The third-order valence-electron chi connectivity index (χ3n) is 1.59. The smallest absolute Gasteiger partial charge is 0.261 e. The zero-order valence-corrected chi connectivity index (χ0v) is 9.68. The van der Waals surface area contributed by atoms with Crippen molar-refractivity contribution in [1.29, 1.82) is 0 Å². The van der Waals surface area contributed by atoms with Crippen LogP contribution in [-0.4, -0.2) is 16.8 Å². The molecule has 0 heterocycles. The highest BCUT2D eigenvalue weighted by Gasteiger charge is 2.16. The molecule has 0 aliphatic heterocycles. The second-order valence-corrected chi connectivity index (χ2v) is 6.99. The quantitative estimate of drug-likeness (QED) is 0.804. The van der Waals surface area contributed by atoms with E-state index in [0.717, 1.165) is 6.07 Å². The van der Waals surface area contributed by atoms with E-state index in [4.69, 9.17) is 16.4 Å². The Kier molecular flexibility index (Phi) is 3.39. The van der Waals surface area contributed by atoms with Crippen LogP contribution in [0.5, 0.6) is 0 Å². The predicted octanol–water partition coefficient (Wildman–Crippen LogP) is 0.466. The molecule has 0 spiro atoms. The van der Waals surface area contributed by atoms with Gasteiger partial charge in [-0.1, -0.05) is 6.07 Å². The molecule has 0 bridgehead atoms. The van der Waals surface area contributed by atoms with Crippen molar-refractivity contribution < 1.29 is 16.8 Å². The van der Waals surface area contributed by atoms with Crippen LogP contribution in [0.2, 0.25) is 0 Å². The van der Waals surface area contributed by atoms with Crippen LogP contribution >= 0.6 is 10.7 Å². The lowest BCUT2D eigenvalue weighted by molar-refractivity contribution is 0.600. The second-order valence-electron chi connectivity index (χ2n) is 2.59. The molecule has 1 radical (unpaired) electrons. The zero-order valence-electron chi connectivity index (χ0n) is 7.29. The fourth-order valence-corrected chi connectivity index (χ4v) is 2.47. The van der Waals surface area contributed by atoms with Crippen molar-refractivity contribution >= 4 is 29.6 Å². The maximum absolute atomic E-state index is 11.3. The molecule has 0 unspecified atom stereocenters. The maximum Gasteiger partial charge on any atom is 0.261 e. The van der Waals surface area contributed by atoms with Gasteiger partial charge < -0.3 is 5.73 Å². The molecule has 83 valence electrons. The summed E-state index contributed by atoms with van der Waals surface area (Å²) >= 11 is 0. The van der Waals surface area contributed by atoms with Crippen molar-refractivity contribution in [3.05, 3.63) is 30.1 Å². The van der Waals surface area contributed by atoms with Gasteiger partial charge in [-0.2, -0.15) is 0 Å². The summed E-state index contributed by atoms with van der Waals surface area (Å²) in [6.45, 7) is 0. The van der Waals surface area contributed by atoms with E-state index in [9.17, 15) is 16.8 Å². The lowest BCUT2D eigenvalue weighted by atomic mass is 10.4. The second kappa shape index (κ2) is 4.09. The van der Waals surface area contributed by atoms with Gasteiger partial charge in [-0.15, -0.1) is 0 Å². The van der Waals surface area contributed by atoms with Crippen LogP contribution in [0.4, 0.5) is 0 Å². The SMILES string of the molecule is N[CH]S(=O)(=O)c1cccc(S(=O)(=O)Cl)c1. The summed E-state index contributed by atoms with van der Waals surface area (Å²) in [7, 11) is -2.63. The molecule has 0 saturated carbocycles. The number of halogens is 1. The summed E-state index contributed by atoms with van der Waals surface area (Å²) in [4.78, 5) is -0.501. The summed E-state index contributed by atoms with van der Waals surface area (Å²) in [6, 6.07) is 4.63. The van der Waals surface area contributed by atoms with Crippen LogP contribution in [0.25, 0.3) is 0 Å². The van der Waals surface area contributed by atoms with Gasteiger partial charge in [0.1, 0.15) is 5.88 Å². The first-order chi connectivity index (χ1) is 6.77. The molecular weight excluding hydrogens is 262 g/mol. The highest BCUT2D eigenvalue weighted by molar-refractivity contribution is 8.13. The highest BCUT2D eigenvalue weighted by Crippen LogP contribution is 2.19. The first-order valence-electron chi connectivity index (χ1n) is 3.62. The van der Waals surface area contributed by atoms with Crippen LogP contribution < -0.4 is 5.73 Å². The topological polar surface area (TPSA) is 94.3 Å². The number of rotatable bonds is 3. The van der Waals surface area contributed by atoms with Crippen LogP contribution in [0.3, 0.4) is 0 Å². The average Bonchev–Trinajstić information content (AvgIpc) is 2.17. The first-order valence-corrected chi connectivity index (χ1v) is 7.48. The maximum atomic E-state index is 11.3. The molecule has 0 saturated heterocycles. The Morgan fingerprint density at radius 2 is 1.67 bits per heavy atom. The molecule has 1 rings (SSSR count). The number of nitrogens with two attached hydrogens (primary N) is 1. The van der Waals surface area contributed by atoms with Crippen molar-refractivity contribution in [1.82, 2.24) is 0 Å². The summed E-state index contributed by atoms with van der Waals surface area (Å²) in [5.74, 6) is 0.493. The van der Waals surface area contributed by atoms with Gasteiger partial charge >= 0.3 is 0 Å². The molecular formula is C7H7ClNO4S2. The van der Waals surface area contributed by atoms with Crippen molar-refractivity contribution in [2.75, 3.05) is 0 Å². The minimum atomic E-state index is -3.94. The molecule has 8 heteroatoms. The molecule has 0 amide bonds. The molecule has 5 nitrogen and oxygen atoms in total. The fourth-order valence-electron chi connectivity index (χ4n) is 0.881. The summed E-state index contributed by atoms with van der Waals surface area (Å²) in [6.07, 6.45) is 0. The van der Waals surface area contributed by atoms with E-state index in [1.165, 1.54) is 18.2 Å². The lowest BCUT2D eigenvalue weighted by Crippen LogP contribution is -2.08. The van der Waals surface area contributed by atoms with Gasteiger partial charge in [0, 0.05) is 10.7 Å². The fraction of sp³-hybridized carbons (Fsp3) is 0. The average molecular weight is 269 g/mol. The third-order valence-corrected chi connectivity index (χ3v) is 4.22. The molecule has 0 fully saturated rings. The number of hydrogen-bond donors (Lipinski definition) is 1. The normalized spacial score (nSPS) is 12.7. The largest absolute Gasteiger partial charge is 0.313 e. The van der Waals surface area contributed by atoms with Crippen molar-refractivity contribution in [2.45, 2.75) is 9.79 Å². The van der Waals surface area contributed by atoms with E-state index < -0.39 is 18.9 Å². The molecule has 1 aromatic carbocycles. The Morgan fingerprint density at radius 1 is 1.13 bits per heavy atom. The van der Waals surface area contributed by atoms with Gasteiger partial charge in [0.05, 0.1) is 9.79 Å². The number of benzene rings is 1.